The molecule has 0 aliphatic rings. The van der Waals surface area contributed by atoms with E-state index in [2.05, 4.69) is 15.1 Å². The zero-order valence-electron chi connectivity index (χ0n) is 12.7. The molecular formula is C16H15N3O4. The van der Waals surface area contributed by atoms with E-state index in [1.54, 1.807) is 20.0 Å². The standard InChI is InChI=1S/C16H15N3O4/c1-3-22-16(20)14-9(2)19-15(23-14)10-4-5-13-12(6-10)11(7-17-13)8-18-21/h4-8,17,21H,3H2,1-2H3. The first-order valence-electron chi connectivity index (χ1n) is 7.07. The molecule has 3 rings (SSSR count). The van der Waals surface area contributed by atoms with E-state index in [4.69, 9.17) is 14.4 Å². The molecular weight excluding hydrogens is 298 g/mol. The maximum Gasteiger partial charge on any atom is 0.376 e. The highest BCUT2D eigenvalue weighted by molar-refractivity contribution is 6.00. The van der Waals surface area contributed by atoms with Crippen molar-refractivity contribution in [2.45, 2.75) is 13.8 Å². The number of hydrogen-bond acceptors (Lipinski definition) is 6. The van der Waals surface area contributed by atoms with E-state index >= 15 is 0 Å². The average molecular weight is 313 g/mol. The van der Waals surface area contributed by atoms with Crippen LogP contribution in [0.3, 0.4) is 0 Å². The molecule has 118 valence electrons. The van der Waals surface area contributed by atoms with Crippen LogP contribution in [0.1, 0.15) is 28.7 Å². The Labute approximate surface area is 131 Å². The van der Waals surface area contributed by atoms with Crippen LogP contribution in [-0.4, -0.2) is 34.0 Å². The fraction of sp³-hybridized carbons (Fsp3) is 0.188. The Morgan fingerprint density at radius 3 is 3.09 bits per heavy atom. The lowest BCUT2D eigenvalue weighted by molar-refractivity contribution is 0.0490. The zero-order valence-corrected chi connectivity index (χ0v) is 12.7. The first kappa shape index (κ1) is 14.8. The first-order valence-corrected chi connectivity index (χ1v) is 7.07. The third-order valence-corrected chi connectivity index (χ3v) is 3.41. The van der Waals surface area contributed by atoms with E-state index in [0.717, 1.165) is 16.5 Å². The lowest BCUT2D eigenvalue weighted by Gasteiger charge is -1.98. The molecule has 23 heavy (non-hydrogen) atoms. The molecule has 0 unspecified atom stereocenters. The van der Waals surface area contributed by atoms with Crippen molar-refractivity contribution in [1.82, 2.24) is 9.97 Å². The molecule has 0 aliphatic heterocycles. The number of carbonyl (C=O) groups excluding carboxylic acids is 1. The van der Waals surface area contributed by atoms with Crippen molar-refractivity contribution >= 4 is 23.1 Å². The molecule has 0 aliphatic carbocycles. The second-order valence-corrected chi connectivity index (χ2v) is 4.90. The number of hydrogen-bond donors (Lipinski definition) is 2. The maximum atomic E-state index is 11.8. The number of fused-ring (bicyclic) bond motifs is 1. The van der Waals surface area contributed by atoms with Crippen LogP contribution in [0.15, 0.2) is 34.0 Å². The van der Waals surface area contributed by atoms with Gasteiger partial charge in [-0.1, -0.05) is 5.16 Å². The molecule has 2 heterocycles. The predicted octanol–water partition coefficient (Wildman–Crippen LogP) is 3.12. The lowest BCUT2D eigenvalue weighted by Crippen LogP contribution is -2.04. The van der Waals surface area contributed by atoms with Crippen LogP contribution in [0.25, 0.3) is 22.4 Å². The van der Waals surface area contributed by atoms with Gasteiger partial charge in [-0.2, -0.15) is 0 Å². The summed E-state index contributed by atoms with van der Waals surface area (Å²) in [6.07, 6.45) is 3.08. The van der Waals surface area contributed by atoms with Crippen LogP contribution in [0, 0.1) is 6.92 Å². The van der Waals surface area contributed by atoms with Gasteiger partial charge in [0.05, 0.1) is 18.5 Å². The van der Waals surface area contributed by atoms with Crippen LogP contribution in [-0.2, 0) is 4.74 Å². The van der Waals surface area contributed by atoms with E-state index in [1.165, 1.54) is 6.21 Å². The van der Waals surface area contributed by atoms with Crippen molar-refractivity contribution in [3.8, 4) is 11.5 Å². The lowest BCUT2D eigenvalue weighted by atomic mass is 10.1. The highest BCUT2D eigenvalue weighted by Crippen LogP contribution is 2.27. The number of benzene rings is 1. The van der Waals surface area contributed by atoms with Gasteiger partial charge in [0.25, 0.3) is 0 Å². The molecule has 0 saturated carbocycles. The summed E-state index contributed by atoms with van der Waals surface area (Å²) in [4.78, 5) is 19.2. The summed E-state index contributed by atoms with van der Waals surface area (Å²) in [6.45, 7) is 3.69. The summed E-state index contributed by atoms with van der Waals surface area (Å²) in [5.74, 6) is -0.0896. The molecule has 0 amide bonds. The van der Waals surface area contributed by atoms with E-state index in [0.29, 0.717) is 17.1 Å². The van der Waals surface area contributed by atoms with Crippen molar-refractivity contribution in [3.63, 3.8) is 0 Å². The third-order valence-electron chi connectivity index (χ3n) is 3.41. The van der Waals surface area contributed by atoms with E-state index < -0.39 is 5.97 Å². The Morgan fingerprint density at radius 2 is 2.35 bits per heavy atom. The molecule has 3 aromatic rings. The second kappa shape index (κ2) is 5.96. The molecule has 2 aromatic heterocycles. The molecule has 0 atom stereocenters. The van der Waals surface area contributed by atoms with Crippen molar-refractivity contribution in [3.05, 3.63) is 41.4 Å². The third kappa shape index (κ3) is 2.68. The van der Waals surface area contributed by atoms with Gasteiger partial charge in [-0.3, -0.25) is 0 Å². The minimum atomic E-state index is -0.528. The number of aromatic nitrogens is 2. The molecule has 0 spiro atoms. The van der Waals surface area contributed by atoms with Gasteiger partial charge in [0.2, 0.25) is 11.7 Å². The monoisotopic (exact) mass is 313 g/mol. The number of carbonyl (C=O) groups is 1. The molecule has 1 aromatic carbocycles. The largest absolute Gasteiger partial charge is 0.460 e. The normalized spacial score (nSPS) is 11.4. The summed E-state index contributed by atoms with van der Waals surface area (Å²) < 4.78 is 10.5. The molecule has 0 radical (unpaired) electrons. The molecule has 0 fully saturated rings. The summed E-state index contributed by atoms with van der Waals surface area (Å²) >= 11 is 0. The van der Waals surface area contributed by atoms with Gasteiger partial charge >= 0.3 is 5.97 Å². The summed E-state index contributed by atoms with van der Waals surface area (Å²) in [6, 6.07) is 5.55. The minimum absolute atomic E-state index is 0.105. The summed E-state index contributed by atoms with van der Waals surface area (Å²) in [5.41, 5.74) is 2.81. The average Bonchev–Trinajstić information content (AvgIpc) is 3.11. The fourth-order valence-electron chi connectivity index (χ4n) is 2.35. The van der Waals surface area contributed by atoms with E-state index in [9.17, 15) is 4.79 Å². The van der Waals surface area contributed by atoms with Gasteiger partial charge in [-0.15, -0.1) is 0 Å². The molecule has 0 bridgehead atoms. The van der Waals surface area contributed by atoms with Gasteiger partial charge in [0, 0.05) is 28.2 Å². The fourth-order valence-corrected chi connectivity index (χ4v) is 2.35. The molecule has 7 nitrogen and oxygen atoms in total. The Balaban J connectivity index is 2.05. The highest BCUT2D eigenvalue weighted by atomic mass is 16.5. The quantitative estimate of drug-likeness (QED) is 0.333. The predicted molar refractivity (Wildman–Crippen MR) is 83.9 cm³/mol. The minimum Gasteiger partial charge on any atom is -0.460 e. The number of esters is 1. The number of aryl methyl sites for hydroxylation is 1. The van der Waals surface area contributed by atoms with Crippen LogP contribution in [0.4, 0.5) is 0 Å². The van der Waals surface area contributed by atoms with Gasteiger partial charge in [-0.25, -0.2) is 9.78 Å². The van der Waals surface area contributed by atoms with Gasteiger partial charge in [0.15, 0.2) is 0 Å². The van der Waals surface area contributed by atoms with E-state index in [-0.39, 0.29) is 12.4 Å². The van der Waals surface area contributed by atoms with Crippen LogP contribution in [0.5, 0.6) is 0 Å². The second-order valence-electron chi connectivity index (χ2n) is 4.90. The van der Waals surface area contributed by atoms with Gasteiger partial charge < -0.3 is 19.3 Å². The smallest absolute Gasteiger partial charge is 0.376 e. The number of rotatable bonds is 4. The maximum absolute atomic E-state index is 11.8. The van der Waals surface area contributed by atoms with Crippen LogP contribution < -0.4 is 0 Å². The molecule has 0 saturated heterocycles. The topological polar surface area (TPSA) is 101 Å². The number of oxime groups is 1. The molecule has 7 heteroatoms. The van der Waals surface area contributed by atoms with Crippen molar-refractivity contribution < 1.29 is 19.2 Å². The Kier molecular flexibility index (Phi) is 3.84. The van der Waals surface area contributed by atoms with Crippen molar-refractivity contribution in [1.29, 1.82) is 0 Å². The number of nitrogens with zero attached hydrogens (tertiary/aromatic N) is 2. The highest BCUT2D eigenvalue weighted by Gasteiger charge is 2.19. The summed E-state index contributed by atoms with van der Waals surface area (Å²) in [7, 11) is 0. The Bertz CT molecular complexity index is 892. The summed E-state index contributed by atoms with van der Waals surface area (Å²) in [5, 5.41) is 12.6. The number of aromatic amines is 1. The zero-order chi connectivity index (χ0) is 16.4. The van der Waals surface area contributed by atoms with Crippen molar-refractivity contribution in [2.24, 2.45) is 5.16 Å². The van der Waals surface area contributed by atoms with Gasteiger partial charge in [0.1, 0.15) is 0 Å². The van der Waals surface area contributed by atoms with Crippen LogP contribution >= 0.6 is 0 Å². The van der Waals surface area contributed by atoms with Crippen molar-refractivity contribution in [2.75, 3.05) is 6.61 Å². The first-order chi connectivity index (χ1) is 11.1. The Morgan fingerprint density at radius 1 is 1.52 bits per heavy atom. The Hall–Kier alpha value is -3.09. The number of oxazole rings is 1. The number of nitrogens with one attached hydrogen (secondary N) is 1. The van der Waals surface area contributed by atoms with Crippen LogP contribution in [0.2, 0.25) is 0 Å². The SMILES string of the molecule is CCOC(=O)c1oc(-c2ccc3[nH]cc(C=NO)c3c2)nc1C. The van der Waals surface area contributed by atoms with E-state index in [1.807, 2.05) is 18.2 Å². The van der Waals surface area contributed by atoms with Gasteiger partial charge in [-0.05, 0) is 32.0 Å². The number of ether oxygens (including phenoxy) is 1. The molecule has 2 N–H and O–H groups in total. The number of H-pyrrole nitrogens is 1.